The standard InChI is InChI=1S/C23H22N2O2/c1-16-8-2-7-13-22(16)24-14-17(26)15-27-25-23-20-11-5-3-9-18(20)19-10-4-6-12-21(19)23/h2-13,17,24,26H,14-15H2,1H3. The molecule has 1 unspecified atom stereocenters. The number of oxime groups is 1. The largest absolute Gasteiger partial charge is 0.392 e. The Kier molecular flexibility index (Phi) is 4.90. The van der Waals surface area contributed by atoms with E-state index in [-0.39, 0.29) is 6.61 Å². The third-order valence-corrected chi connectivity index (χ3v) is 4.75. The molecule has 0 aromatic heterocycles. The second-order valence-electron chi connectivity index (χ2n) is 6.68. The first-order valence-electron chi connectivity index (χ1n) is 9.11. The first kappa shape index (κ1) is 17.3. The number of rotatable bonds is 6. The van der Waals surface area contributed by atoms with Crippen molar-refractivity contribution < 1.29 is 9.94 Å². The number of anilines is 1. The molecular formula is C23H22N2O2. The number of aliphatic hydroxyl groups excluding tert-OH is 1. The number of hydrogen-bond donors (Lipinski definition) is 2. The molecule has 1 aliphatic carbocycles. The second-order valence-corrected chi connectivity index (χ2v) is 6.68. The van der Waals surface area contributed by atoms with Crippen LogP contribution in [-0.4, -0.2) is 30.1 Å². The lowest BCUT2D eigenvalue weighted by Crippen LogP contribution is -2.24. The van der Waals surface area contributed by atoms with Crippen LogP contribution in [0.4, 0.5) is 5.69 Å². The van der Waals surface area contributed by atoms with Gasteiger partial charge in [-0.05, 0) is 29.7 Å². The molecule has 2 N–H and O–H groups in total. The molecular weight excluding hydrogens is 336 g/mol. The van der Waals surface area contributed by atoms with Gasteiger partial charge in [-0.25, -0.2) is 0 Å². The van der Waals surface area contributed by atoms with Crippen LogP contribution in [-0.2, 0) is 4.84 Å². The molecule has 0 saturated carbocycles. The van der Waals surface area contributed by atoms with Crippen LogP contribution in [0.1, 0.15) is 16.7 Å². The third-order valence-electron chi connectivity index (χ3n) is 4.75. The van der Waals surface area contributed by atoms with E-state index in [9.17, 15) is 5.11 Å². The molecule has 4 nitrogen and oxygen atoms in total. The van der Waals surface area contributed by atoms with Gasteiger partial charge in [-0.3, -0.25) is 0 Å². The predicted molar refractivity (Wildman–Crippen MR) is 109 cm³/mol. The number of nitrogens with one attached hydrogen (secondary N) is 1. The van der Waals surface area contributed by atoms with Gasteiger partial charge in [0.05, 0.1) is 0 Å². The number of aliphatic hydroxyl groups is 1. The molecule has 4 rings (SSSR count). The maximum Gasteiger partial charge on any atom is 0.144 e. The Hall–Kier alpha value is -3.11. The van der Waals surface area contributed by atoms with Crippen molar-refractivity contribution in [1.29, 1.82) is 0 Å². The van der Waals surface area contributed by atoms with Gasteiger partial charge in [0.2, 0.25) is 0 Å². The lowest BCUT2D eigenvalue weighted by molar-refractivity contribution is 0.0472. The summed E-state index contributed by atoms with van der Waals surface area (Å²) in [5.74, 6) is 0. The van der Waals surface area contributed by atoms with Gasteiger partial charge >= 0.3 is 0 Å². The maximum absolute atomic E-state index is 10.2. The molecule has 0 bridgehead atoms. The summed E-state index contributed by atoms with van der Waals surface area (Å²) in [5.41, 5.74) is 7.43. The van der Waals surface area contributed by atoms with E-state index in [1.807, 2.05) is 67.6 Å². The Morgan fingerprint density at radius 2 is 1.41 bits per heavy atom. The van der Waals surface area contributed by atoms with E-state index in [1.165, 1.54) is 0 Å². The molecule has 0 aliphatic heterocycles. The van der Waals surface area contributed by atoms with Crippen molar-refractivity contribution in [3.05, 3.63) is 89.5 Å². The highest BCUT2D eigenvalue weighted by Crippen LogP contribution is 2.36. The van der Waals surface area contributed by atoms with Crippen molar-refractivity contribution in [2.75, 3.05) is 18.5 Å². The summed E-state index contributed by atoms with van der Waals surface area (Å²) < 4.78 is 0. The lowest BCUT2D eigenvalue weighted by Gasteiger charge is -2.13. The monoisotopic (exact) mass is 358 g/mol. The number of fused-ring (bicyclic) bond motifs is 3. The van der Waals surface area contributed by atoms with Crippen molar-refractivity contribution in [3.8, 4) is 11.1 Å². The molecule has 27 heavy (non-hydrogen) atoms. The fourth-order valence-electron chi connectivity index (χ4n) is 3.34. The molecule has 3 aromatic carbocycles. The zero-order chi connectivity index (χ0) is 18.6. The third kappa shape index (κ3) is 3.57. The zero-order valence-corrected chi connectivity index (χ0v) is 15.2. The van der Waals surface area contributed by atoms with Crippen LogP contribution >= 0.6 is 0 Å². The van der Waals surface area contributed by atoms with Gasteiger partial charge in [0.1, 0.15) is 18.4 Å². The van der Waals surface area contributed by atoms with E-state index >= 15 is 0 Å². The quantitative estimate of drug-likeness (QED) is 0.508. The Balaban J connectivity index is 1.42. The summed E-state index contributed by atoms with van der Waals surface area (Å²) in [4.78, 5) is 5.51. The van der Waals surface area contributed by atoms with Crippen molar-refractivity contribution in [3.63, 3.8) is 0 Å². The molecule has 0 heterocycles. The highest BCUT2D eigenvalue weighted by molar-refractivity contribution is 6.24. The molecule has 0 radical (unpaired) electrons. The molecule has 0 saturated heterocycles. The Morgan fingerprint density at radius 3 is 2.04 bits per heavy atom. The van der Waals surface area contributed by atoms with Crippen LogP contribution in [0.5, 0.6) is 0 Å². The Labute approximate surface area is 159 Å². The molecule has 4 heteroatoms. The predicted octanol–water partition coefficient (Wildman–Crippen LogP) is 4.22. The number of benzene rings is 3. The average Bonchev–Trinajstić information content (AvgIpc) is 3.02. The minimum absolute atomic E-state index is 0.132. The molecule has 1 aliphatic rings. The molecule has 0 fully saturated rings. The summed E-state index contributed by atoms with van der Waals surface area (Å²) in [7, 11) is 0. The van der Waals surface area contributed by atoms with E-state index in [4.69, 9.17) is 4.84 Å². The highest BCUT2D eigenvalue weighted by atomic mass is 16.6. The second kappa shape index (κ2) is 7.64. The normalized spacial score (nSPS) is 12.9. The summed E-state index contributed by atoms with van der Waals surface area (Å²) >= 11 is 0. The fourth-order valence-corrected chi connectivity index (χ4v) is 3.34. The van der Waals surface area contributed by atoms with Gasteiger partial charge in [-0.2, -0.15) is 0 Å². The smallest absolute Gasteiger partial charge is 0.144 e. The van der Waals surface area contributed by atoms with Crippen LogP contribution in [0.3, 0.4) is 0 Å². The van der Waals surface area contributed by atoms with Crippen molar-refractivity contribution in [2.24, 2.45) is 5.16 Å². The van der Waals surface area contributed by atoms with Gasteiger partial charge in [-0.1, -0.05) is 71.9 Å². The maximum atomic E-state index is 10.2. The van der Waals surface area contributed by atoms with Gasteiger partial charge in [0.25, 0.3) is 0 Å². The van der Waals surface area contributed by atoms with Crippen LogP contribution < -0.4 is 5.32 Å². The van der Waals surface area contributed by atoms with Gasteiger partial charge < -0.3 is 15.3 Å². The van der Waals surface area contributed by atoms with Crippen LogP contribution in [0, 0.1) is 6.92 Å². The van der Waals surface area contributed by atoms with Crippen LogP contribution in [0.2, 0.25) is 0 Å². The summed E-state index contributed by atoms with van der Waals surface area (Å²) in [6.07, 6.45) is -0.652. The van der Waals surface area contributed by atoms with Crippen molar-refractivity contribution in [1.82, 2.24) is 0 Å². The minimum atomic E-state index is -0.652. The van der Waals surface area contributed by atoms with E-state index in [2.05, 4.69) is 22.6 Å². The van der Waals surface area contributed by atoms with Crippen molar-refractivity contribution in [2.45, 2.75) is 13.0 Å². The molecule has 0 amide bonds. The van der Waals surface area contributed by atoms with Gasteiger partial charge in [-0.15, -0.1) is 0 Å². The van der Waals surface area contributed by atoms with E-state index in [0.717, 1.165) is 39.2 Å². The fraction of sp³-hybridized carbons (Fsp3) is 0.174. The van der Waals surface area contributed by atoms with Crippen LogP contribution in [0.25, 0.3) is 11.1 Å². The van der Waals surface area contributed by atoms with Gasteiger partial charge in [0, 0.05) is 23.4 Å². The number of aryl methyl sites for hydroxylation is 1. The number of para-hydroxylation sites is 1. The number of hydrogen-bond acceptors (Lipinski definition) is 4. The van der Waals surface area contributed by atoms with Crippen molar-refractivity contribution >= 4 is 11.4 Å². The van der Waals surface area contributed by atoms with Crippen LogP contribution in [0.15, 0.2) is 78.0 Å². The Bertz CT molecular complexity index is 934. The van der Waals surface area contributed by atoms with E-state index < -0.39 is 6.10 Å². The first-order valence-corrected chi connectivity index (χ1v) is 9.11. The minimum Gasteiger partial charge on any atom is -0.392 e. The summed E-state index contributed by atoms with van der Waals surface area (Å²) in [6, 6.07) is 24.3. The summed E-state index contributed by atoms with van der Waals surface area (Å²) in [6.45, 7) is 2.57. The summed E-state index contributed by atoms with van der Waals surface area (Å²) in [5, 5.41) is 17.8. The average molecular weight is 358 g/mol. The SMILES string of the molecule is Cc1ccccc1NCC(O)CON=C1c2ccccc2-c2ccccc21. The molecule has 3 aromatic rings. The van der Waals surface area contributed by atoms with E-state index in [1.54, 1.807) is 0 Å². The highest BCUT2D eigenvalue weighted by Gasteiger charge is 2.24. The molecule has 1 atom stereocenters. The zero-order valence-electron chi connectivity index (χ0n) is 15.2. The first-order chi connectivity index (χ1) is 13.2. The van der Waals surface area contributed by atoms with E-state index in [0.29, 0.717) is 6.54 Å². The Morgan fingerprint density at radius 1 is 0.852 bits per heavy atom. The van der Waals surface area contributed by atoms with Gasteiger partial charge in [0.15, 0.2) is 0 Å². The number of nitrogens with zero attached hydrogens (tertiary/aromatic N) is 1. The lowest BCUT2D eigenvalue weighted by atomic mass is 10.1. The topological polar surface area (TPSA) is 53.8 Å². The molecule has 136 valence electrons. The molecule has 0 spiro atoms.